The third-order valence-corrected chi connectivity index (χ3v) is 6.80. The summed E-state index contributed by atoms with van der Waals surface area (Å²) in [6.45, 7) is 4.51. The Balaban J connectivity index is 1.17. The van der Waals surface area contributed by atoms with Crippen LogP contribution in [-0.4, -0.2) is 57.4 Å². The van der Waals surface area contributed by atoms with Crippen molar-refractivity contribution < 1.29 is 9.53 Å². The molecule has 0 spiro atoms. The molecule has 2 aromatic heterocycles. The van der Waals surface area contributed by atoms with Crippen molar-refractivity contribution >= 4 is 11.7 Å². The molecule has 1 aliphatic carbocycles. The minimum absolute atomic E-state index is 0.0996. The Morgan fingerprint density at radius 3 is 2.89 bits per heavy atom. The number of hydrogen-bond acceptors (Lipinski definition) is 4. The number of likely N-dealkylation sites (tertiary alicyclic amines) is 1. The second-order valence-electron chi connectivity index (χ2n) is 8.67. The Morgan fingerprint density at radius 1 is 1.18 bits per heavy atom. The molecule has 5 rings (SSSR count). The maximum Gasteiger partial charge on any atom is 0.317 e. The molecular weight excluding hydrogens is 354 g/mol. The second-order valence-corrected chi connectivity index (χ2v) is 8.67. The fourth-order valence-electron chi connectivity index (χ4n) is 5.16. The van der Waals surface area contributed by atoms with Crippen LogP contribution in [0.5, 0.6) is 0 Å². The number of aromatic nitrogens is 3. The van der Waals surface area contributed by atoms with Gasteiger partial charge in [0.25, 0.3) is 0 Å². The molecule has 7 heteroatoms. The lowest BCUT2D eigenvalue weighted by Gasteiger charge is -2.35. The zero-order valence-electron chi connectivity index (χ0n) is 16.5. The highest BCUT2D eigenvalue weighted by Gasteiger charge is 2.36. The van der Waals surface area contributed by atoms with Gasteiger partial charge in [-0.2, -0.15) is 0 Å². The second kappa shape index (κ2) is 7.35. The monoisotopic (exact) mass is 383 g/mol. The number of nitrogens with one attached hydrogen (secondary N) is 1. The molecule has 3 aliphatic rings. The molecule has 2 saturated heterocycles. The average molecular weight is 383 g/mol. The largest absolute Gasteiger partial charge is 0.378 e. The molecular formula is C21H29N5O2. The Labute approximate surface area is 165 Å². The number of carbonyl (C=O) groups excluding carboxylic acids is 1. The van der Waals surface area contributed by atoms with Crippen LogP contribution in [0.1, 0.15) is 55.8 Å². The van der Waals surface area contributed by atoms with Crippen molar-refractivity contribution in [3.8, 4) is 0 Å². The first kappa shape index (κ1) is 17.9. The number of urea groups is 1. The van der Waals surface area contributed by atoms with Crippen LogP contribution < -0.4 is 5.32 Å². The van der Waals surface area contributed by atoms with Crippen molar-refractivity contribution in [1.82, 2.24) is 24.8 Å². The van der Waals surface area contributed by atoms with Crippen LogP contribution in [0.4, 0.5) is 4.79 Å². The van der Waals surface area contributed by atoms with Crippen molar-refractivity contribution in [2.75, 3.05) is 19.7 Å². The average Bonchev–Trinajstić information content (AvgIpc) is 3.34. The summed E-state index contributed by atoms with van der Waals surface area (Å²) >= 11 is 0. The summed E-state index contributed by atoms with van der Waals surface area (Å²) in [6.07, 6.45) is 8.70. The summed E-state index contributed by atoms with van der Waals surface area (Å²) in [4.78, 5) is 14.7. The number of pyridine rings is 1. The molecule has 0 radical (unpaired) electrons. The molecule has 0 aromatic carbocycles. The van der Waals surface area contributed by atoms with Gasteiger partial charge in [-0.1, -0.05) is 0 Å². The number of ether oxygens (including phenoxy) is 1. The van der Waals surface area contributed by atoms with Crippen LogP contribution >= 0.6 is 0 Å². The zero-order chi connectivity index (χ0) is 19.1. The molecule has 28 heavy (non-hydrogen) atoms. The van der Waals surface area contributed by atoms with E-state index in [2.05, 4.69) is 45.2 Å². The topological polar surface area (TPSA) is 71.8 Å². The van der Waals surface area contributed by atoms with Gasteiger partial charge in [-0.25, -0.2) is 4.79 Å². The van der Waals surface area contributed by atoms with E-state index >= 15 is 0 Å². The van der Waals surface area contributed by atoms with E-state index in [1.54, 1.807) is 0 Å². The number of hydrogen-bond donors (Lipinski definition) is 1. The van der Waals surface area contributed by atoms with Crippen molar-refractivity contribution in [2.45, 2.75) is 63.5 Å². The van der Waals surface area contributed by atoms with Gasteiger partial charge < -0.3 is 15.0 Å². The molecule has 7 nitrogen and oxygen atoms in total. The van der Waals surface area contributed by atoms with E-state index in [1.165, 1.54) is 5.56 Å². The molecule has 4 heterocycles. The molecule has 3 unspecified atom stereocenters. The minimum Gasteiger partial charge on any atom is -0.378 e. The van der Waals surface area contributed by atoms with Crippen molar-refractivity contribution in [3.63, 3.8) is 0 Å². The van der Waals surface area contributed by atoms with Gasteiger partial charge in [0.1, 0.15) is 5.82 Å². The summed E-state index contributed by atoms with van der Waals surface area (Å²) in [7, 11) is 0. The summed E-state index contributed by atoms with van der Waals surface area (Å²) in [5, 5.41) is 12.0. The Bertz CT molecular complexity index is 858. The SMILES string of the molecule is Cc1ccn2c(C3CCN(C(=O)NC4CCC5OCCC5C4)CC3)nnc2c1. The van der Waals surface area contributed by atoms with Crippen LogP contribution in [0.25, 0.3) is 5.65 Å². The number of fused-ring (bicyclic) bond motifs is 2. The molecule has 0 bridgehead atoms. The summed E-state index contributed by atoms with van der Waals surface area (Å²) < 4.78 is 7.87. The number of aryl methyl sites for hydroxylation is 1. The van der Waals surface area contributed by atoms with E-state index in [1.807, 2.05) is 4.90 Å². The Kier molecular flexibility index (Phi) is 4.70. The third-order valence-electron chi connectivity index (χ3n) is 6.80. The lowest BCUT2D eigenvalue weighted by Crippen LogP contribution is -2.49. The highest BCUT2D eigenvalue weighted by molar-refractivity contribution is 5.74. The first-order chi connectivity index (χ1) is 13.7. The fraction of sp³-hybridized carbons (Fsp3) is 0.667. The van der Waals surface area contributed by atoms with Gasteiger partial charge in [-0.3, -0.25) is 4.40 Å². The molecule has 3 fully saturated rings. The molecule has 2 aliphatic heterocycles. The predicted molar refractivity (Wildman–Crippen MR) is 105 cm³/mol. The molecule has 2 amide bonds. The number of piperidine rings is 1. The fourth-order valence-corrected chi connectivity index (χ4v) is 5.16. The Hall–Kier alpha value is -2.15. The normalized spacial score (nSPS) is 28.5. The molecule has 1 N–H and O–H groups in total. The lowest BCUT2D eigenvalue weighted by molar-refractivity contribution is 0.0576. The van der Waals surface area contributed by atoms with Crippen LogP contribution in [0.3, 0.4) is 0 Å². The first-order valence-corrected chi connectivity index (χ1v) is 10.7. The smallest absolute Gasteiger partial charge is 0.317 e. The molecule has 2 aromatic rings. The third kappa shape index (κ3) is 3.36. The van der Waals surface area contributed by atoms with E-state index in [0.29, 0.717) is 24.0 Å². The highest BCUT2D eigenvalue weighted by Crippen LogP contribution is 2.34. The quantitative estimate of drug-likeness (QED) is 0.866. The number of amides is 2. The summed E-state index contributed by atoms with van der Waals surface area (Å²) in [6, 6.07) is 4.55. The van der Waals surface area contributed by atoms with E-state index < -0.39 is 0 Å². The standard InChI is InChI=1S/C21H29N5O2/c1-14-4-10-26-19(12-14)23-24-20(26)15-5-8-25(9-6-15)21(27)22-17-2-3-18-16(13-17)7-11-28-18/h4,10,12,15-18H,2-3,5-9,11,13H2,1H3,(H,22,27). The van der Waals surface area contributed by atoms with Crippen molar-refractivity contribution in [2.24, 2.45) is 5.92 Å². The van der Waals surface area contributed by atoms with E-state index in [0.717, 1.165) is 69.7 Å². The van der Waals surface area contributed by atoms with Crippen LogP contribution in [-0.2, 0) is 4.74 Å². The van der Waals surface area contributed by atoms with Gasteiger partial charge in [-0.05, 0) is 69.1 Å². The Morgan fingerprint density at radius 2 is 2.04 bits per heavy atom. The summed E-state index contributed by atoms with van der Waals surface area (Å²) in [5.74, 6) is 2.01. The predicted octanol–water partition coefficient (Wildman–Crippen LogP) is 2.88. The van der Waals surface area contributed by atoms with Crippen LogP contribution in [0.2, 0.25) is 0 Å². The molecule has 3 atom stereocenters. The van der Waals surface area contributed by atoms with Gasteiger partial charge in [0.2, 0.25) is 0 Å². The van der Waals surface area contributed by atoms with Gasteiger partial charge in [0.15, 0.2) is 5.65 Å². The summed E-state index contributed by atoms with van der Waals surface area (Å²) in [5.41, 5.74) is 2.10. The number of nitrogens with zero attached hydrogens (tertiary/aromatic N) is 4. The van der Waals surface area contributed by atoms with E-state index in [-0.39, 0.29) is 6.03 Å². The number of carbonyl (C=O) groups is 1. The molecule has 150 valence electrons. The highest BCUT2D eigenvalue weighted by atomic mass is 16.5. The molecule has 1 saturated carbocycles. The van der Waals surface area contributed by atoms with Crippen molar-refractivity contribution in [3.05, 3.63) is 29.7 Å². The lowest BCUT2D eigenvalue weighted by atomic mass is 9.83. The van der Waals surface area contributed by atoms with E-state index in [4.69, 9.17) is 4.74 Å². The van der Waals surface area contributed by atoms with Crippen LogP contribution in [0.15, 0.2) is 18.3 Å². The zero-order valence-corrected chi connectivity index (χ0v) is 16.5. The van der Waals surface area contributed by atoms with Gasteiger partial charge in [0, 0.05) is 37.9 Å². The van der Waals surface area contributed by atoms with Crippen LogP contribution in [0, 0.1) is 12.8 Å². The first-order valence-electron chi connectivity index (χ1n) is 10.7. The maximum absolute atomic E-state index is 12.8. The van der Waals surface area contributed by atoms with Gasteiger partial charge in [0.05, 0.1) is 6.10 Å². The van der Waals surface area contributed by atoms with E-state index in [9.17, 15) is 4.79 Å². The number of rotatable bonds is 2. The minimum atomic E-state index is 0.0996. The maximum atomic E-state index is 12.8. The van der Waals surface area contributed by atoms with Gasteiger partial charge in [-0.15, -0.1) is 10.2 Å². The van der Waals surface area contributed by atoms with Gasteiger partial charge >= 0.3 is 6.03 Å². The van der Waals surface area contributed by atoms with Crippen molar-refractivity contribution in [1.29, 1.82) is 0 Å².